The van der Waals surface area contributed by atoms with Gasteiger partial charge in [0.05, 0.1) is 6.42 Å². The van der Waals surface area contributed by atoms with Crippen molar-refractivity contribution < 1.29 is 4.79 Å². The standard InChI is InChI=1S/C19H21N7O/c1-11-15(12(2)26-19(23-11)24-18(20)25-26)9-17(27)21-8-7-13-10-22-16-6-4-3-5-14(13)16/h3-6,10,22H,7-9H2,1-2H3,(H2,20,25)(H,21,27). The van der Waals surface area contributed by atoms with Crippen molar-refractivity contribution in [1.29, 1.82) is 0 Å². The number of H-pyrrole nitrogens is 1. The number of fused-ring (bicyclic) bond motifs is 2. The topological polar surface area (TPSA) is 114 Å². The molecule has 8 nitrogen and oxygen atoms in total. The number of aromatic nitrogens is 5. The Morgan fingerprint density at radius 3 is 2.93 bits per heavy atom. The van der Waals surface area contributed by atoms with Crippen LogP contribution in [0.5, 0.6) is 0 Å². The third-order valence-electron chi connectivity index (χ3n) is 4.79. The number of benzene rings is 1. The maximum absolute atomic E-state index is 12.4. The molecule has 0 atom stereocenters. The number of anilines is 1. The molecule has 1 aromatic carbocycles. The van der Waals surface area contributed by atoms with E-state index in [4.69, 9.17) is 5.73 Å². The van der Waals surface area contributed by atoms with Crippen molar-refractivity contribution in [3.8, 4) is 0 Å². The predicted molar refractivity (Wildman–Crippen MR) is 103 cm³/mol. The average molecular weight is 363 g/mol. The second-order valence-corrected chi connectivity index (χ2v) is 6.58. The summed E-state index contributed by atoms with van der Waals surface area (Å²) in [4.78, 5) is 24.2. The van der Waals surface area contributed by atoms with E-state index in [1.54, 1.807) is 4.52 Å². The molecule has 1 amide bonds. The maximum Gasteiger partial charge on any atom is 0.254 e. The van der Waals surface area contributed by atoms with E-state index in [1.165, 1.54) is 10.9 Å². The van der Waals surface area contributed by atoms with Crippen molar-refractivity contribution in [3.05, 3.63) is 53.0 Å². The number of aromatic amines is 1. The molecule has 0 fully saturated rings. The quantitative estimate of drug-likeness (QED) is 0.499. The zero-order valence-electron chi connectivity index (χ0n) is 15.3. The first-order chi connectivity index (χ1) is 13.0. The third-order valence-corrected chi connectivity index (χ3v) is 4.79. The first-order valence-electron chi connectivity index (χ1n) is 8.83. The van der Waals surface area contributed by atoms with Crippen LogP contribution in [0, 0.1) is 13.8 Å². The number of amides is 1. The van der Waals surface area contributed by atoms with Crippen molar-refractivity contribution in [3.63, 3.8) is 0 Å². The molecule has 4 rings (SSSR count). The Labute approximate surface area is 155 Å². The Morgan fingerprint density at radius 1 is 1.26 bits per heavy atom. The summed E-state index contributed by atoms with van der Waals surface area (Å²) < 4.78 is 1.58. The zero-order valence-corrected chi connectivity index (χ0v) is 15.3. The van der Waals surface area contributed by atoms with E-state index in [2.05, 4.69) is 31.4 Å². The second kappa shape index (κ2) is 6.71. The van der Waals surface area contributed by atoms with Gasteiger partial charge in [-0.1, -0.05) is 18.2 Å². The van der Waals surface area contributed by atoms with E-state index in [0.717, 1.165) is 28.9 Å². The van der Waals surface area contributed by atoms with Crippen LogP contribution >= 0.6 is 0 Å². The maximum atomic E-state index is 12.4. The van der Waals surface area contributed by atoms with Crippen LogP contribution in [0.15, 0.2) is 30.5 Å². The molecule has 0 bridgehead atoms. The minimum Gasteiger partial charge on any atom is -0.366 e. The highest BCUT2D eigenvalue weighted by molar-refractivity contribution is 5.83. The summed E-state index contributed by atoms with van der Waals surface area (Å²) in [6, 6.07) is 8.15. The number of rotatable bonds is 5. The number of nitrogens with two attached hydrogens (primary N) is 1. The third kappa shape index (κ3) is 3.21. The fourth-order valence-electron chi connectivity index (χ4n) is 3.38. The van der Waals surface area contributed by atoms with Gasteiger partial charge >= 0.3 is 0 Å². The lowest BCUT2D eigenvalue weighted by molar-refractivity contribution is -0.120. The molecular formula is C19H21N7O. The van der Waals surface area contributed by atoms with Gasteiger partial charge in [-0.15, -0.1) is 5.10 Å². The van der Waals surface area contributed by atoms with Gasteiger partial charge in [-0.2, -0.15) is 9.50 Å². The summed E-state index contributed by atoms with van der Waals surface area (Å²) in [7, 11) is 0. The fourth-order valence-corrected chi connectivity index (χ4v) is 3.38. The number of hydrogen-bond donors (Lipinski definition) is 3. The smallest absolute Gasteiger partial charge is 0.254 e. The molecule has 0 spiro atoms. The van der Waals surface area contributed by atoms with Gasteiger partial charge in [-0.3, -0.25) is 4.79 Å². The Morgan fingerprint density at radius 2 is 2.07 bits per heavy atom. The van der Waals surface area contributed by atoms with E-state index in [0.29, 0.717) is 12.3 Å². The molecule has 0 unspecified atom stereocenters. The van der Waals surface area contributed by atoms with Crippen LogP contribution in [0.4, 0.5) is 5.95 Å². The lowest BCUT2D eigenvalue weighted by Gasteiger charge is -2.10. The van der Waals surface area contributed by atoms with Gasteiger partial charge in [-0.25, -0.2) is 4.98 Å². The predicted octanol–water partition coefficient (Wildman–Crippen LogP) is 1.71. The molecule has 3 heterocycles. The Balaban J connectivity index is 1.43. The number of nitrogens with zero attached hydrogens (tertiary/aromatic N) is 4. The van der Waals surface area contributed by atoms with E-state index in [-0.39, 0.29) is 18.3 Å². The lowest BCUT2D eigenvalue weighted by atomic mass is 10.1. The molecular weight excluding hydrogens is 342 g/mol. The number of nitrogen functional groups attached to an aromatic ring is 1. The van der Waals surface area contributed by atoms with Crippen LogP contribution in [0.3, 0.4) is 0 Å². The van der Waals surface area contributed by atoms with Crippen LogP contribution in [-0.2, 0) is 17.6 Å². The molecule has 0 aliphatic rings. The minimum absolute atomic E-state index is 0.0460. The molecule has 0 radical (unpaired) electrons. The van der Waals surface area contributed by atoms with Crippen LogP contribution < -0.4 is 11.1 Å². The monoisotopic (exact) mass is 363 g/mol. The number of para-hydroxylation sites is 1. The summed E-state index contributed by atoms with van der Waals surface area (Å²) in [6.07, 6.45) is 3.01. The number of carbonyl (C=O) groups excluding carboxylic acids is 1. The van der Waals surface area contributed by atoms with Gasteiger partial charge in [0.1, 0.15) is 0 Å². The molecule has 138 valence electrons. The summed E-state index contributed by atoms with van der Waals surface area (Å²) >= 11 is 0. The number of nitrogens with one attached hydrogen (secondary N) is 2. The van der Waals surface area contributed by atoms with Crippen LogP contribution in [-0.4, -0.2) is 37.0 Å². The molecule has 0 aliphatic heterocycles. The van der Waals surface area contributed by atoms with Crippen LogP contribution in [0.1, 0.15) is 22.5 Å². The molecule has 27 heavy (non-hydrogen) atoms. The van der Waals surface area contributed by atoms with Gasteiger partial charge in [0.25, 0.3) is 5.78 Å². The average Bonchev–Trinajstić information content (AvgIpc) is 3.22. The summed E-state index contributed by atoms with van der Waals surface area (Å²) in [5.41, 5.74) is 10.4. The second-order valence-electron chi connectivity index (χ2n) is 6.58. The highest BCUT2D eigenvalue weighted by Gasteiger charge is 2.15. The largest absolute Gasteiger partial charge is 0.366 e. The molecule has 3 aromatic heterocycles. The van der Waals surface area contributed by atoms with E-state index < -0.39 is 0 Å². The van der Waals surface area contributed by atoms with Crippen molar-refractivity contribution in [2.75, 3.05) is 12.3 Å². The van der Waals surface area contributed by atoms with Gasteiger partial charge in [0.15, 0.2) is 0 Å². The molecule has 0 aliphatic carbocycles. The zero-order chi connectivity index (χ0) is 19.0. The van der Waals surface area contributed by atoms with Crippen molar-refractivity contribution in [1.82, 2.24) is 29.9 Å². The molecule has 4 N–H and O–H groups in total. The molecule has 0 saturated carbocycles. The molecule has 0 saturated heterocycles. The number of aryl methyl sites for hydroxylation is 2. The van der Waals surface area contributed by atoms with E-state index in [9.17, 15) is 4.79 Å². The SMILES string of the molecule is Cc1nc2nc(N)nn2c(C)c1CC(=O)NCCc1c[nH]c2ccccc12. The Bertz CT molecular complexity index is 1140. The Kier molecular flexibility index (Phi) is 4.23. The highest BCUT2D eigenvalue weighted by atomic mass is 16.1. The number of hydrogen-bond acceptors (Lipinski definition) is 5. The van der Waals surface area contributed by atoms with Crippen molar-refractivity contribution >= 4 is 28.5 Å². The van der Waals surface area contributed by atoms with Crippen molar-refractivity contribution in [2.45, 2.75) is 26.7 Å². The van der Waals surface area contributed by atoms with Gasteiger partial charge < -0.3 is 16.0 Å². The highest BCUT2D eigenvalue weighted by Crippen LogP contribution is 2.18. The fraction of sp³-hybridized carbons (Fsp3) is 0.263. The van der Waals surface area contributed by atoms with Gasteiger partial charge in [-0.05, 0) is 31.9 Å². The first kappa shape index (κ1) is 17.0. The summed E-state index contributed by atoms with van der Waals surface area (Å²) in [5, 5.41) is 8.32. The normalized spacial score (nSPS) is 11.3. The van der Waals surface area contributed by atoms with Gasteiger partial charge in [0, 0.05) is 40.6 Å². The van der Waals surface area contributed by atoms with Crippen LogP contribution in [0.2, 0.25) is 0 Å². The van der Waals surface area contributed by atoms with Crippen molar-refractivity contribution in [2.24, 2.45) is 0 Å². The number of carbonyl (C=O) groups is 1. The first-order valence-corrected chi connectivity index (χ1v) is 8.83. The summed E-state index contributed by atoms with van der Waals surface area (Å²) in [6.45, 7) is 4.33. The summed E-state index contributed by atoms with van der Waals surface area (Å²) in [5.74, 6) is 0.576. The minimum atomic E-state index is -0.0460. The van der Waals surface area contributed by atoms with E-state index in [1.807, 2.05) is 38.2 Å². The molecule has 4 aromatic rings. The van der Waals surface area contributed by atoms with Gasteiger partial charge in [0.2, 0.25) is 11.9 Å². The van der Waals surface area contributed by atoms with E-state index >= 15 is 0 Å². The molecule has 8 heteroatoms. The Hall–Kier alpha value is -3.42. The lowest BCUT2D eigenvalue weighted by Crippen LogP contribution is -2.28. The van der Waals surface area contributed by atoms with Crippen LogP contribution in [0.25, 0.3) is 16.7 Å².